The molecule has 26 heavy (non-hydrogen) atoms. The average Bonchev–Trinajstić information content (AvgIpc) is 2.63. The molecule has 3 heterocycles. The summed E-state index contributed by atoms with van der Waals surface area (Å²) in [5.41, 5.74) is 0.331. The summed E-state index contributed by atoms with van der Waals surface area (Å²) in [4.78, 5) is 20.7. The number of hydrogen-bond acceptors (Lipinski definition) is 3. The molecule has 136 valence electrons. The van der Waals surface area contributed by atoms with Gasteiger partial charge in [-0.3, -0.25) is 9.78 Å². The SMILES string of the molecule is CCCCCn1ccc2nc(-c3ccc(C(F)(F)F)cn3)ccc2c1=O. The fraction of sp³-hybridized carbons (Fsp3) is 0.316. The second-order valence-electron chi connectivity index (χ2n) is 6.08. The molecular weight excluding hydrogens is 343 g/mol. The van der Waals surface area contributed by atoms with E-state index in [1.54, 1.807) is 29.0 Å². The number of aryl methyl sites for hydroxylation is 1. The summed E-state index contributed by atoms with van der Waals surface area (Å²) in [6.45, 7) is 2.76. The van der Waals surface area contributed by atoms with Crippen LogP contribution in [0.5, 0.6) is 0 Å². The van der Waals surface area contributed by atoms with Gasteiger partial charge in [0.1, 0.15) is 0 Å². The van der Waals surface area contributed by atoms with E-state index in [1.165, 1.54) is 6.07 Å². The van der Waals surface area contributed by atoms with Crippen molar-refractivity contribution >= 4 is 10.9 Å². The standard InChI is InChI=1S/C19H18F3N3O/c1-2-3-4-10-25-11-9-15-14(18(25)26)6-8-17(24-15)16-7-5-13(12-23-16)19(20,21)22/h5-9,11-12H,2-4,10H2,1H3. The number of fused-ring (bicyclic) bond motifs is 1. The van der Waals surface area contributed by atoms with Gasteiger partial charge in [-0.25, -0.2) is 4.98 Å². The monoisotopic (exact) mass is 361 g/mol. The highest BCUT2D eigenvalue weighted by molar-refractivity contribution is 5.80. The number of halogens is 3. The summed E-state index contributed by atoms with van der Waals surface area (Å²) in [5.74, 6) is 0. The Labute approximate surface area is 148 Å². The molecular formula is C19H18F3N3O. The molecule has 3 rings (SSSR count). The van der Waals surface area contributed by atoms with E-state index in [-0.39, 0.29) is 5.56 Å². The van der Waals surface area contributed by atoms with Crippen LogP contribution in [0.15, 0.2) is 47.5 Å². The van der Waals surface area contributed by atoms with Crippen LogP contribution in [0.4, 0.5) is 13.2 Å². The van der Waals surface area contributed by atoms with E-state index >= 15 is 0 Å². The van der Waals surface area contributed by atoms with Gasteiger partial charge in [-0.2, -0.15) is 13.2 Å². The Morgan fingerprint density at radius 3 is 2.46 bits per heavy atom. The van der Waals surface area contributed by atoms with E-state index in [4.69, 9.17) is 0 Å². The third-order valence-corrected chi connectivity index (χ3v) is 4.18. The predicted molar refractivity (Wildman–Crippen MR) is 93.8 cm³/mol. The molecule has 0 aromatic carbocycles. The molecule has 0 saturated carbocycles. The molecule has 4 nitrogen and oxygen atoms in total. The Balaban J connectivity index is 1.92. The molecule has 0 unspecified atom stereocenters. The second kappa shape index (κ2) is 7.27. The minimum absolute atomic E-state index is 0.113. The predicted octanol–water partition coefficient (Wildman–Crippen LogP) is 4.67. The van der Waals surface area contributed by atoms with Crippen molar-refractivity contribution in [2.75, 3.05) is 0 Å². The summed E-state index contributed by atoms with van der Waals surface area (Å²) >= 11 is 0. The van der Waals surface area contributed by atoms with Crippen LogP contribution in [0.1, 0.15) is 31.7 Å². The summed E-state index contributed by atoms with van der Waals surface area (Å²) in [5, 5.41) is 0.486. The molecule has 0 bridgehead atoms. The van der Waals surface area contributed by atoms with Crippen molar-refractivity contribution in [3.63, 3.8) is 0 Å². The quantitative estimate of drug-likeness (QED) is 0.621. The highest BCUT2D eigenvalue weighted by Crippen LogP contribution is 2.29. The Morgan fingerprint density at radius 2 is 1.81 bits per heavy atom. The lowest BCUT2D eigenvalue weighted by Crippen LogP contribution is -2.19. The lowest BCUT2D eigenvalue weighted by molar-refractivity contribution is -0.137. The smallest absolute Gasteiger partial charge is 0.315 e. The maximum atomic E-state index is 12.6. The molecule has 3 aromatic heterocycles. The summed E-state index contributed by atoms with van der Waals surface area (Å²) in [6, 6.07) is 7.25. The van der Waals surface area contributed by atoms with E-state index in [9.17, 15) is 18.0 Å². The molecule has 0 radical (unpaired) electrons. The van der Waals surface area contributed by atoms with Crippen LogP contribution >= 0.6 is 0 Å². The number of alkyl halides is 3. The first-order valence-corrected chi connectivity index (χ1v) is 8.44. The lowest BCUT2D eigenvalue weighted by Gasteiger charge is -2.09. The molecule has 0 amide bonds. The maximum Gasteiger partial charge on any atom is 0.417 e. The molecule has 0 N–H and O–H groups in total. The Hall–Kier alpha value is -2.70. The number of pyridine rings is 3. The van der Waals surface area contributed by atoms with Crippen molar-refractivity contribution in [2.45, 2.75) is 38.9 Å². The van der Waals surface area contributed by atoms with Gasteiger partial charge in [0.15, 0.2) is 0 Å². The zero-order valence-corrected chi connectivity index (χ0v) is 14.3. The van der Waals surface area contributed by atoms with E-state index in [0.717, 1.165) is 31.5 Å². The molecule has 3 aromatic rings. The Bertz CT molecular complexity index is 962. The summed E-state index contributed by atoms with van der Waals surface area (Å²) < 4.78 is 39.6. The van der Waals surface area contributed by atoms with E-state index in [0.29, 0.717) is 28.8 Å². The normalized spacial score (nSPS) is 11.8. The van der Waals surface area contributed by atoms with Crippen molar-refractivity contribution in [3.05, 3.63) is 58.6 Å². The van der Waals surface area contributed by atoms with Crippen LogP contribution in [-0.4, -0.2) is 14.5 Å². The summed E-state index contributed by atoms with van der Waals surface area (Å²) in [6.07, 6.45) is 1.13. The second-order valence-corrected chi connectivity index (χ2v) is 6.08. The van der Waals surface area contributed by atoms with Crippen LogP contribution in [-0.2, 0) is 12.7 Å². The first kappa shape index (κ1) is 18.1. The highest BCUT2D eigenvalue weighted by Gasteiger charge is 2.30. The van der Waals surface area contributed by atoms with Gasteiger partial charge < -0.3 is 4.57 Å². The molecule has 0 aliphatic heterocycles. The first-order valence-electron chi connectivity index (χ1n) is 8.44. The molecule has 0 spiro atoms. The van der Waals surface area contributed by atoms with Gasteiger partial charge in [0.25, 0.3) is 5.56 Å². The van der Waals surface area contributed by atoms with E-state index in [1.807, 2.05) is 0 Å². The number of aromatic nitrogens is 3. The minimum atomic E-state index is -4.43. The van der Waals surface area contributed by atoms with Crippen LogP contribution in [0.25, 0.3) is 22.3 Å². The van der Waals surface area contributed by atoms with Gasteiger partial charge in [0.05, 0.1) is 27.9 Å². The van der Waals surface area contributed by atoms with Crippen molar-refractivity contribution < 1.29 is 13.2 Å². The number of unbranched alkanes of at least 4 members (excludes halogenated alkanes) is 2. The van der Waals surface area contributed by atoms with Gasteiger partial charge in [0.2, 0.25) is 0 Å². The molecule has 0 saturated heterocycles. The van der Waals surface area contributed by atoms with Gasteiger partial charge in [-0.15, -0.1) is 0 Å². The molecule has 0 fully saturated rings. The zero-order valence-electron chi connectivity index (χ0n) is 14.3. The first-order chi connectivity index (χ1) is 12.4. The maximum absolute atomic E-state index is 12.6. The van der Waals surface area contributed by atoms with Crippen molar-refractivity contribution in [1.82, 2.24) is 14.5 Å². The van der Waals surface area contributed by atoms with Crippen LogP contribution in [0.2, 0.25) is 0 Å². The minimum Gasteiger partial charge on any atom is -0.315 e. The molecule has 0 aliphatic rings. The molecule has 7 heteroatoms. The largest absolute Gasteiger partial charge is 0.417 e. The fourth-order valence-electron chi connectivity index (χ4n) is 2.73. The van der Waals surface area contributed by atoms with Gasteiger partial charge >= 0.3 is 6.18 Å². The summed E-state index contributed by atoms with van der Waals surface area (Å²) in [7, 11) is 0. The Morgan fingerprint density at radius 1 is 1.04 bits per heavy atom. The van der Waals surface area contributed by atoms with Gasteiger partial charge in [-0.1, -0.05) is 19.8 Å². The molecule has 0 atom stereocenters. The average molecular weight is 361 g/mol. The van der Waals surface area contributed by atoms with Gasteiger partial charge in [-0.05, 0) is 36.8 Å². The van der Waals surface area contributed by atoms with E-state index in [2.05, 4.69) is 16.9 Å². The van der Waals surface area contributed by atoms with E-state index < -0.39 is 11.7 Å². The molecule has 0 aliphatic carbocycles. The van der Waals surface area contributed by atoms with Crippen molar-refractivity contribution in [2.24, 2.45) is 0 Å². The van der Waals surface area contributed by atoms with Crippen LogP contribution in [0, 0.1) is 0 Å². The highest BCUT2D eigenvalue weighted by atomic mass is 19.4. The van der Waals surface area contributed by atoms with Gasteiger partial charge in [0, 0.05) is 18.9 Å². The zero-order chi connectivity index (χ0) is 18.7. The number of hydrogen-bond donors (Lipinski definition) is 0. The number of rotatable bonds is 5. The van der Waals surface area contributed by atoms with Crippen molar-refractivity contribution in [3.8, 4) is 11.4 Å². The lowest BCUT2D eigenvalue weighted by atomic mass is 10.1. The Kier molecular flexibility index (Phi) is 5.06. The van der Waals surface area contributed by atoms with Crippen molar-refractivity contribution in [1.29, 1.82) is 0 Å². The number of nitrogens with zero attached hydrogens (tertiary/aromatic N) is 3. The third-order valence-electron chi connectivity index (χ3n) is 4.18. The van der Waals surface area contributed by atoms with Crippen LogP contribution < -0.4 is 5.56 Å². The third kappa shape index (κ3) is 3.76. The topological polar surface area (TPSA) is 47.8 Å². The van der Waals surface area contributed by atoms with Crippen LogP contribution in [0.3, 0.4) is 0 Å². The fourth-order valence-corrected chi connectivity index (χ4v) is 2.73.